The summed E-state index contributed by atoms with van der Waals surface area (Å²) in [5, 5.41) is 7.80. The molecule has 1 aromatic carbocycles. The largest absolute Gasteiger partial charge is 0.478 e. The Labute approximate surface area is 227 Å². The van der Waals surface area contributed by atoms with Gasteiger partial charge in [0, 0.05) is 48.6 Å². The van der Waals surface area contributed by atoms with Gasteiger partial charge in [0.25, 0.3) is 11.8 Å². The molecule has 2 aliphatic heterocycles. The first-order valence-corrected chi connectivity index (χ1v) is 13.3. The number of likely N-dealkylation sites (tertiary alicyclic amines) is 1. The number of rotatable bonds is 7. The van der Waals surface area contributed by atoms with Gasteiger partial charge in [-0.05, 0) is 25.0 Å². The number of nitrogens with zero attached hydrogens (tertiary/aromatic N) is 4. The lowest BCUT2D eigenvalue weighted by Gasteiger charge is -2.31. The summed E-state index contributed by atoms with van der Waals surface area (Å²) < 4.78 is 25.0. The van der Waals surface area contributed by atoms with Gasteiger partial charge in [0.1, 0.15) is 11.5 Å². The van der Waals surface area contributed by atoms with E-state index in [4.69, 9.17) is 42.5 Å². The lowest BCUT2D eigenvalue weighted by Crippen LogP contribution is -2.40. The molecule has 0 saturated carbocycles. The van der Waals surface area contributed by atoms with Crippen molar-refractivity contribution in [2.45, 2.75) is 31.3 Å². The van der Waals surface area contributed by atoms with Gasteiger partial charge < -0.3 is 19.2 Å². The Morgan fingerprint density at radius 2 is 2.11 bits per heavy atom. The van der Waals surface area contributed by atoms with E-state index in [2.05, 4.69) is 10.1 Å². The third-order valence-corrected chi connectivity index (χ3v) is 7.88. The quantitative estimate of drug-likeness (QED) is 0.369. The van der Waals surface area contributed by atoms with Crippen LogP contribution in [0.5, 0.6) is 11.6 Å². The van der Waals surface area contributed by atoms with Gasteiger partial charge in [0.05, 0.1) is 27.9 Å². The molecule has 194 valence electrons. The summed E-state index contributed by atoms with van der Waals surface area (Å²) in [5.41, 5.74) is 1.71. The van der Waals surface area contributed by atoms with Gasteiger partial charge >= 0.3 is 0 Å². The van der Waals surface area contributed by atoms with Crippen LogP contribution in [0.4, 0.5) is 4.39 Å². The average Bonchev–Trinajstić information content (AvgIpc) is 3.58. The summed E-state index contributed by atoms with van der Waals surface area (Å²) in [7, 11) is 1.48. The van der Waals surface area contributed by atoms with Gasteiger partial charge in [-0.1, -0.05) is 34.4 Å². The fraction of sp³-hybridized carbons (Fsp3) is 0.360. The second kappa shape index (κ2) is 11.2. The minimum Gasteiger partial charge on any atom is -0.478 e. The highest BCUT2D eigenvalue weighted by Crippen LogP contribution is 2.37. The Morgan fingerprint density at radius 1 is 1.30 bits per heavy atom. The van der Waals surface area contributed by atoms with Gasteiger partial charge in [0.2, 0.25) is 0 Å². The summed E-state index contributed by atoms with van der Waals surface area (Å²) in [6, 6.07) is 6.12. The zero-order valence-corrected chi connectivity index (χ0v) is 22.2. The smallest absolute Gasteiger partial charge is 0.260 e. The van der Waals surface area contributed by atoms with E-state index in [1.54, 1.807) is 34.4 Å². The number of carbonyl (C=O) groups is 1. The van der Waals surface area contributed by atoms with E-state index in [0.29, 0.717) is 46.6 Å². The van der Waals surface area contributed by atoms with Crippen LogP contribution in [0.15, 0.2) is 41.0 Å². The van der Waals surface area contributed by atoms with Gasteiger partial charge in [0.15, 0.2) is 18.5 Å². The number of amides is 1. The Kier molecular flexibility index (Phi) is 7.78. The fourth-order valence-corrected chi connectivity index (χ4v) is 5.81. The molecule has 37 heavy (non-hydrogen) atoms. The number of aromatic nitrogens is 2. The second-order valence-corrected chi connectivity index (χ2v) is 10.4. The number of benzene rings is 1. The molecule has 0 spiro atoms. The Balaban J connectivity index is 1.14. The van der Waals surface area contributed by atoms with Crippen molar-refractivity contribution in [1.29, 1.82) is 0 Å². The number of ether oxygens (including phenoxy) is 2. The SMILES string of the molecule is COc1ncc(Cl)cc1OCC(=O)N1CCC(c2nc(C3=NOC(c4c(F)cccc4Cl)C3)cs2)CC1. The Morgan fingerprint density at radius 3 is 2.86 bits per heavy atom. The molecule has 1 unspecified atom stereocenters. The molecule has 5 rings (SSSR count). The molecule has 8 nitrogen and oxygen atoms in total. The maximum absolute atomic E-state index is 14.3. The molecule has 1 fully saturated rings. The summed E-state index contributed by atoms with van der Waals surface area (Å²) in [6.45, 7) is 1.08. The summed E-state index contributed by atoms with van der Waals surface area (Å²) in [6.07, 6.45) is 2.85. The normalized spacial score (nSPS) is 17.9. The lowest BCUT2D eigenvalue weighted by molar-refractivity contribution is -0.134. The predicted molar refractivity (Wildman–Crippen MR) is 138 cm³/mol. The first-order chi connectivity index (χ1) is 17.9. The molecule has 2 aliphatic rings. The van der Waals surface area contributed by atoms with E-state index < -0.39 is 11.9 Å². The molecule has 0 aliphatic carbocycles. The number of oxime groups is 1. The number of pyridine rings is 1. The molecule has 2 aromatic heterocycles. The van der Waals surface area contributed by atoms with E-state index >= 15 is 0 Å². The van der Waals surface area contributed by atoms with Crippen molar-refractivity contribution in [2.24, 2.45) is 5.16 Å². The molecule has 12 heteroatoms. The molecule has 4 heterocycles. The summed E-state index contributed by atoms with van der Waals surface area (Å²) in [4.78, 5) is 28.8. The van der Waals surface area contributed by atoms with Gasteiger partial charge in [-0.15, -0.1) is 11.3 Å². The van der Waals surface area contributed by atoms with Crippen LogP contribution in [0.3, 0.4) is 0 Å². The molecule has 1 atom stereocenters. The summed E-state index contributed by atoms with van der Waals surface area (Å²) in [5.74, 6) is 0.308. The zero-order chi connectivity index (χ0) is 25.9. The van der Waals surface area contributed by atoms with Crippen LogP contribution in [0.2, 0.25) is 10.0 Å². The summed E-state index contributed by atoms with van der Waals surface area (Å²) >= 11 is 13.7. The van der Waals surface area contributed by atoms with Crippen LogP contribution in [0.25, 0.3) is 0 Å². The maximum atomic E-state index is 14.3. The monoisotopic (exact) mass is 564 g/mol. The third kappa shape index (κ3) is 5.66. The molecule has 3 aromatic rings. The first kappa shape index (κ1) is 25.7. The molecule has 1 saturated heterocycles. The van der Waals surface area contributed by atoms with Crippen molar-refractivity contribution < 1.29 is 23.5 Å². The van der Waals surface area contributed by atoms with E-state index in [0.717, 1.165) is 23.5 Å². The third-order valence-electron chi connectivity index (χ3n) is 6.33. The maximum Gasteiger partial charge on any atom is 0.260 e. The molecule has 1 amide bonds. The second-order valence-electron chi connectivity index (χ2n) is 8.65. The van der Waals surface area contributed by atoms with Crippen molar-refractivity contribution in [1.82, 2.24) is 14.9 Å². The number of halogens is 3. The van der Waals surface area contributed by atoms with Crippen molar-refractivity contribution in [3.8, 4) is 11.6 Å². The highest BCUT2D eigenvalue weighted by molar-refractivity contribution is 7.10. The van der Waals surface area contributed by atoms with Crippen LogP contribution in [0, 0.1) is 5.82 Å². The van der Waals surface area contributed by atoms with Crippen LogP contribution >= 0.6 is 34.5 Å². The van der Waals surface area contributed by atoms with E-state index in [1.165, 1.54) is 19.4 Å². The standard InChI is InChI=1S/C25H23Cl2FN4O4S/c1-34-24-21(9-15(26)11-29-24)35-12-22(33)32-7-5-14(6-8-32)25-30-19(13-37-25)18-10-20(36-31-18)23-16(27)3-2-4-17(23)28/h2-4,9,11,13-14,20H,5-8,10,12H2,1H3. The minimum atomic E-state index is -0.576. The van der Waals surface area contributed by atoms with Gasteiger partial charge in [-0.25, -0.2) is 14.4 Å². The highest BCUT2D eigenvalue weighted by atomic mass is 35.5. The number of hydrogen-bond donors (Lipinski definition) is 0. The van der Waals surface area contributed by atoms with Crippen LogP contribution in [-0.2, 0) is 9.63 Å². The van der Waals surface area contributed by atoms with E-state index in [1.807, 2.05) is 5.38 Å². The van der Waals surface area contributed by atoms with Crippen molar-refractivity contribution in [2.75, 3.05) is 26.8 Å². The van der Waals surface area contributed by atoms with E-state index in [-0.39, 0.29) is 24.3 Å². The van der Waals surface area contributed by atoms with E-state index in [9.17, 15) is 9.18 Å². The fourth-order valence-electron chi connectivity index (χ4n) is 4.38. The zero-order valence-electron chi connectivity index (χ0n) is 19.8. The Hall–Kier alpha value is -2.95. The number of methoxy groups -OCH3 is 1. The predicted octanol–water partition coefficient (Wildman–Crippen LogP) is 5.64. The van der Waals surface area contributed by atoms with Crippen molar-refractivity contribution in [3.63, 3.8) is 0 Å². The molecule has 0 bridgehead atoms. The van der Waals surface area contributed by atoms with Crippen molar-refractivity contribution >= 4 is 46.2 Å². The molecular formula is C25H23Cl2FN4O4S. The molecule has 0 radical (unpaired) electrons. The van der Waals surface area contributed by atoms with Crippen LogP contribution in [0.1, 0.15) is 47.5 Å². The number of piperidine rings is 1. The number of hydrogen-bond acceptors (Lipinski definition) is 8. The first-order valence-electron chi connectivity index (χ1n) is 11.7. The topological polar surface area (TPSA) is 86.1 Å². The molecule has 0 N–H and O–H groups in total. The highest BCUT2D eigenvalue weighted by Gasteiger charge is 2.31. The lowest BCUT2D eigenvalue weighted by atomic mass is 9.97. The average molecular weight is 565 g/mol. The number of carbonyl (C=O) groups excluding carboxylic acids is 1. The van der Waals surface area contributed by atoms with Crippen molar-refractivity contribution in [3.05, 3.63) is 68.0 Å². The van der Waals surface area contributed by atoms with Crippen LogP contribution < -0.4 is 9.47 Å². The van der Waals surface area contributed by atoms with Gasteiger partial charge in [-0.2, -0.15) is 0 Å². The molecular weight excluding hydrogens is 542 g/mol. The Bertz CT molecular complexity index is 1310. The number of thiazole rings is 1. The van der Waals surface area contributed by atoms with Gasteiger partial charge in [-0.3, -0.25) is 4.79 Å². The minimum absolute atomic E-state index is 0.115. The van der Waals surface area contributed by atoms with Crippen LogP contribution in [-0.4, -0.2) is 53.3 Å².